The van der Waals surface area contributed by atoms with Crippen molar-refractivity contribution in [3.8, 4) is 6.07 Å². The van der Waals surface area contributed by atoms with Crippen molar-refractivity contribution in [2.75, 3.05) is 19.6 Å². The van der Waals surface area contributed by atoms with Crippen LogP contribution in [-0.4, -0.2) is 36.0 Å². The van der Waals surface area contributed by atoms with Crippen molar-refractivity contribution in [3.63, 3.8) is 0 Å². The van der Waals surface area contributed by atoms with Gasteiger partial charge in [-0.15, -0.1) is 0 Å². The number of nitrogens with zero attached hydrogens (tertiary/aromatic N) is 2. The Hall–Kier alpha value is -2.64. The minimum absolute atomic E-state index is 0.0345. The van der Waals surface area contributed by atoms with Gasteiger partial charge in [-0.25, -0.2) is 0 Å². The molecule has 4 saturated carbocycles. The van der Waals surface area contributed by atoms with Crippen molar-refractivity contribution in [3.05, 3.63) is 71.8 Å². The predicted octanol–water partition coefficient (Wildman–Crippen LogP) is 4.95. The van der Waals surface area contributed by atoms with Crippen LogP contribution in [0.15, 0.2) is 60.7 Å². The number of amides is 1. The molecule has 1 heterocycles. The van der Waals surface area contributed by atoms with Crippen molar-refractivity contribution in [2.24, 2.45) is 11.8 Å². The molecule has 1 N–H and O–H groups in total. The zero-order valence-corrected chi connectivity index (χ0v) is 20.0. The quantitative estimate of drug-likeness (QED) is 0.697. The summed E-state index contributed by atoms with van der Waals surface area (Å²) in [5.74, 6) is 1.65. The molecule has 4 atom stereocenters. The number of hydrogen-bond acceptors (Lipinski definition) is 3. The molecule has 4 bridgehead atoms. The third-order valence-electron chi connectivity index (χ3n) is 9.47. The average molecular weight is 454 g/mol. The van der Waals surface area contributed by atoms with Crippen molar-refractivity contribution in [2.45, 2.75) is 67.7 Å². The predicted molar refractivity (Wildman–Crippen MR) is 133 cm³/mol. The maximum atomic E-state index is 13.3. The molecule has 176 valence electrons. The first-order chi connectivity index (χ1) is 16.5. The van der Waals surface area contributed by atoms with Crippen LogP contribution in [0.3, 0.4) is 0 Å². The number of nitrogens with one attached hydrogen (secondary N) is 1. The molecule has 4 nitrogen and oxygen atoms in total. The Bertz CT molecular complexity index is 1070. The standard InChI is InChI=1S/C30H35N3O/c31-22-28(25-7-3-1-4-8-25)11-13-33(14-12-28)20-27(34)32-30-18-23-15-24(19-30)17-29(16-23,21-30)26-9-5-2-6-10-26/h1-10,23-24H,11-21H2,(H,32,34)/t23-,24+,29-,30-. The molecule has 4 heteroatoms. The normalized spacial score (nSPS) is 33.9. The smallest absolute Gasteiger partial charge is 0.234 e. The highest BCUT2D eigenvalue weighted by Gasteiger charge is 2.58. The number of carbonyl (C=O) groups is 1. The number of benzene rings is 2. The summed E-state index contributed by atoms with van der Waals surface area (Å²) in [6, 6.07) is 23.9. The van der Waals surface area contributed by atoms with Gasteiger partial charge in [0.1, 0.15) is 0 Å². The van der Waals surface area contributed by atoms with E-state index in [0.29, 0.717) is 6.54 Å². The molecule has 4 aliphatic carbocycles. The summed E-state index contributed by atoms with van der Waals surface area (Å²) in [5.41, 5.74) is 2.38. The Morgan fingerprint density at radius 2 is 1.50 bits per heavy atom. The number of piperidine rings is 1. The minimum Gasteiger partial charge on any atom is -0.350 e. The fourth-order valence-corrected chi connectivity index (χ4v) is 8.39. The lowest BCUT2D eigenvalue weighted by Crippen LogP contribution is -2.65. The molecule has 0 spiro atoms. The van der Waals surface area contributed by atoms with E-state index >= 15 is 0 Å². The summed E-state index contributed by atoms with van der Waals surface area (Å²) in [6.07, 6.45) is 8.87. The van der Waals surface area contributed by atoms with Crippen molar-refractivity contribution < 1.29 is 4.79 Å². The third kappa shape index (κ3) is 3.75. The van der Waals surface area contributed by atoms with Gasteiger partial charge in [-0.1, -0.05) is 60.7 Å². The Labute approximate surface area is 203 Å². The van der Waals surface area contributed by atoms with Crippen LogP contribution in [0.2, 0.25) is 0 Å². The van der Waals surface area contributed by atoms with E-state index in [1.807, 2.05) is 18.2 Å². The molecule has 34 heavy (non-hydrogen) atoms. The van der Waals surface area contributed by atoms with Gasteiger partial charge in [0, 0.05) is 18.6 Å². The topological polar surface area (TPSA) is 56.1 Å². The molecule has 0 aromatic heterocycles. The van der Waals surface area contributed by atoms with E-state index in [2.05, 4.69) is 58.8 Å². The number of nitriles is 1. The Morgan fingerprint density at radius 1 is 0.912 bits per heavy atom. The summed E-state index contributed by atoms with van der Waals surface area (Å²) < 4.78 is 0. The van der Waals surface area contributed by atoms with E-state index in [-0.39, 0.29) is 16.9 Å². The number of likely N-dealkylation sites (tertiary alicyclic amines) is 1. The fraction of sp³-hybridized carbons (Fsp3) is 0.533. The molecule has 2 aromatic rings. The van der Waals surface area contributed by atoms with Crippen LogP contribution in [0.5, 0.6) is 0 Å². The van der Waals surface area contributed by atoms with Crippen molar-refractivity contribution in [1.29, 1.82) is 5.26 Å². The van der Waals surface area contributed by atoms with E-state index < -0.39 is 5.41 Å². The lowest BCUT2D eigenvalue weighted by Gasteiger charge is -2.62. The molecule has 7 rings (SSSR count). The lowest BCUT2D eigenvalue weighted by atomic mass is 9.45. The van der Waals surface area contributed by atoms with Gasteiger partial charge in [-0.05, 0) is 79.7 Å². The van der Waals surface area contributed by atoms with Crippen LogP contribution in [-0.2, 0) is 15.6 Å². The summed E-state index contributed by atoms with van der Waals surface area (Å²) in [5, 5.41) is 13.6. The molecule has 5 aliphatic rings. The zero-order chi connectivity index (χ0) is 23.2. The maximum absolute atomic E-state index is 13.3. The largest absolute Gasteiger partial charge is 0.350 e. The second kappa shape index (κ2) is 8.24. The first kappa shape index (κ1) is 21.9. The Morgan fingerprint density at radius 3 is 2.09 bits per heavy atom. The van der Waals surface area contributed by atoms with Crippen LogP contribution in [0.4, 0.5) is 0 Å². The maximum Gasteiger partial charge on any atom is 0.234 e. The summed E-state index contributed by atoms with van der Waals surface area (Å²) >= 11 is 0. The Balaban J connectivity index is 1.12. The third-order valence-corrected chi connectivity index (χ3v) is 9.47. The molecule has 0 radical (unpaired) electrons. The molecular weight excluding hydrogens is 418 g/mol. The average Bonchev–Trinajstić information content (AvgIpc) is 2.84. The van der Waals surface area contributed by atoms with Gasteiger partial charge < -0.3 is 5.32 Å². The van der Waals surface area contributed by atoms with Gasteiger partial charge in [0.25, 0.3) is 0 Å². The molecule has 1 aliphatic heterocycles. The van der Waals surface area contributed by atoms with Gasteiger partial charge in [0.05, 0.1) is 18.0 Å². The first-order valence-electron chi connectivity index (χ1n) is 13.1. The first-order valence-corrected chi connectivity index (χ1v) is 13.1. The lowest BCUT2D eigenvalue weighted by molar-refractivity contribution is -0.129. The van der Waals surface area contributed by atoms with Crippen molar-refractivity contribution in [1.82, 2.24) is 10.2 Å². The van der Waals surface area contributed by atoms with Gasteiger partial charge in [0.2, 0.25) is 5.91 Å². The summed E-state index contributed by atoms with van der Waals surface area (Å²) in [7, 11) is 0. The zero-order valence-electron chi connectivity index (χ0n) is 20.0. The molecular formula is C30H35N3O. The second-order valence-electron chi connectivity index (χ2n) is 11.8. The summed E-state index contributed by atoms with van der Waals surface area (Å²) in [6.45, 7) is 2.04. The number of carbonyl (C=O) groups excluding carboxylic acids is 1. The van der Waals surface area contributed by atoms with E-state index in [4.69, 9.17) is 0 Å². The molecule has 0 unspecified atom stereocenters. The Kier molecular flexibility index (Phi) is 5.30. The van der Waals surface area contributed by atoms with E-state index in [9.17, 15) is 10.1 Å². The molecule has 1 amide bonds. The minimum atomic E-state index is -0.420. The van der Waals surface area contributed by atoms with Gasteiger partial charge >= 0.3 is 0 Å². The number of hydrogen-bond donors (Lipinski definition) is 1. The van der Waals surface area contributed by atoms with Crippen LogP contribution < -0.4 is 5.32 Å². The highest BCUT2D eigenvalue weighted by molar-refractivity contribution is 5.79. The highest BCUT2D eigenvalue weighted by atomic mass is 16.2. The highest BCUT2D eigenvalue weighted by Crippen LogP contribution is 2.62. The summed E-state index contributed by atoms with van der Waals surface area (Å²) in [4.78, 5) is 15.6. The van der Waals surface area contributed by atoms with Crippen LogP contribution >= 0.6 is 0 Å². The molecule has 1 saturated heterocycles. The second-order valence-corrected chi connectivity index (χ2v) is 11.8. The monoisotopic (exact) mass is 453 g/mol. The van der Waals surface area contributed by atoms with Crippen LogP contribution in [0, 0.1) is 23.2 Å². The molecule has 5 fully saturated rings. The fourth-order valence-electron chi connectivity index (χ4n) is 8.39. The van der Waals surface area contributed by atoms with Gasteiger partial charge in [-0.2, -0.15) is 5.26 Å². The molecule has 2 aromatic carbocycles. The van der Waals surface area contributed by atoms with E-state index in [1.54, 1.807) is 0 Å². The van der Waals surface area contributed by atoms with E-state index in [0.717, 1.165) is 62.6 Å². The van der Waals surface area contributed by atoms with Gasteiger partial charge in [0.15, 0.2) is 0 Å². The SMILES string of the molecule is N#CC1(c2ccccc2)CCN(CC(=O)N[C@@]23C[C@H]4C[C@@H](C2)C[C@@](c2ccccc2)(C4)C3)CC1. The number of rotatable bonds is 5. The van der Waals surface area contributed by atoms with Crippen molar-refractivity contribution >= 4 is 5.91 Å². The van der Waals surface area contributed by atoms with Crippen LogP contribution in [0.1, 0.15) is 62.5 Å². The van der Waals surface area contributed by atoms with E-state index in [1.165, 1.54) is 24.8 Å². The van der Waals surface area contributed by atoms with Crippen LogP contribution in [0.25, 0.3) is 0 Å². The van der Waals surface area contributed by atoms with Gasteiger partial charge in [-0.3, -0.25) is 9.69 Å².